The molecule has 0 aliphatic rings. The molecule has 0 aliphatic heterocycles. The van der Waals surface area contributed by atoms with Crippen molar-refractivity contribution in [1.29, 1.82) is 0 Å². The normalized spacial score (nSPS) is 12.7. The monoisotopic (exact) mass is 316 g/mol. The Balaban J connectivity index is 3.03. The number of nitrogens with two attached hydrogens (primary N) is 1. The fraction of sp³-hybridized carbons (Fsp3) is 0.500. The lowest BCUT2D eigenvalue weighted by Crippen LogP contribution is -2.12. The standard InChI is InChI=1S/C12H17BrN2O3/c1-7(2)3-4-11(14)9-5-8(15(17)18)6-10(13)12(9)16/h5-7,11,16H,3-4,14H2,1-2H3/t11-/m1/s1. The molecule has 0 radical (unpaired) electrons. The lowest BCUT2D eigenvalue weighted by Gasteiger charge is -2.15. The van der Waals surface area contributed by atoms with Crippen LogP contribution in [-0.2, 0) is 0 Å². The van der Waals surface area contributed by atoms with Gasteiger partial charge in [-0.15, -0.1) is 0 Å². The molecule has 0 saturated carbocycles. The fourth-order valence-electron chi connectivity index (χ4n) is 1.66. The third-order valence-corrected chi connectivity index (χ3v) is 3.35. The summed E-state index contributed by atoms with van der Waals surface area (Å²) in [6.07, 6.45) is 1.58. The highest BCUT2D eigenvalue weighted by Gasteiger charge is 2.19. The number of hydrogen-bond acceptors (Lipinski definition) is 4. The van der Waals surface area contributed by atoms with Crippen LogP contribution in [0.25, 0.3) is 0 Å². The Morgan fingerprint density at radius 1 is 1.44 bits per heavy atom. The van der Waals surface area contributed by atoms with Gasteiger partial charge in [0, 0.05) is 23.7 Å². The molecule has 0 spiro atoms. The first-order valence-corrected chi connectivity index (χ1v) is 6.54. The van der Waals surface area contributed by atoms with Crippen LogP contribution in [0.5, 0.6) is 5.75 Å². The molecule has 1 atom stereocenters. The second kappa shape index (κ2) is 6.15. The molecule has 0 unspecified atom stereocenters. The number of phenolic OH excluding ortho intramolecular Hbond substituents is 1. The Labute approximate surface area is 114 Å². The number of rotatable bonds is 5. The number of phenols is 1. The van der Waals surface area contributed by atoms with Crippen LogP contribution >= 0.6 is 15.9 Å². The van der Waals surface area contributed by atoms with Crippen molar-refractivity contribution in [3.05, 3.63) is 32.3 Å². The van der Waals surface area contributed by atoms with Gasteiger partial charge in [0.05, 0.1) is 9.40 Å². The number of benzene rings is 1. The zero-order valence-electron chi connectivity index (χ0n) is 10.4. The molecule has 3 N–H and O–H groups in total. The fourth-order valence-corrected chi connectivity index (χ4v) is 2.13. The van der Waals surface area contributed by atoms with E-state index in [0.29, 0.717) is 22.4 Å². The number of aromatic hydroxyl groups is 1. The van der Waals surface area contributed by atoms with E-state index in [1.54, 1.807) is 0 Å². The first kappa shape index (κ1) is 14.9. The van der Waals surface area contributed by atoms with Crippen LogP contribution in [0.3, 0.4) is 0 Å². The number of halogens is 1. The van der Waals surface area contributed by atoms with Crippen LogP contribution in [0.2, 0.25) is 0 Å². The van der Waals surface area contributed by atoms with Crippen molar-refractivity contribution in [3.63, 3.8) is 0 Å². The van der Waals surface area contributed by atoms with E-state index in [1.807, 2.05) is 0 Å². The Bertz CT molecular complexity index is 449. The molecule has 100 valence electrons. The van der Waals surface area contributed by atoms with Gasteiger partial charge in [0.1, 0.15) is 5.75 Å². The van der Waals surface area contributed by atoms with Crippen molar-refractivity contribution < 1.29 is 10.0 Å². The van der Waals surface area contributed by atoms with Crippen molar-refractivity contribution in [2.24, 2.45) is 11.7 Å². The van der Waals surface area contributed by atoms with E-state index in [9.17, 15) is 15.2 Å². The highest BCUT2D eigenvalue weighted by Crippen LogP contribution is 2.36. The molecule has 0 saturated heterocycles. The van der Waals surface area contributed by atoms with Crippen LogP contribution in [0, 0.1) is 16.0 Å². The summed E-state index contributed by atoms with van der Waals surface area (Å²) in [6.45, 7) is 4.16. The number of nitrogens with zero attached hydrogens (tertiary/aromatic N) is 1. The molecule has 1 aromatic rings. The summed E-state index contributed by atoms with van der Waals surface area (Å²) in [6, 6.07) is 2.21. The number of non-ortho nitro benzene ring substituents is 1. The van der Waals surface area contributed by atoms with E-state index >= 15 is 0 Å². The predicted octanol–water partition coefficient (Wildman–Crippen LogP) is 3.50. The van der Waals surface area contributed by atoms with Crippen molar-refractivity contribution in [1.82, 2.24) is 0 Å². The molecule has 0 aromatic heterocycles. The van der Waals surface area contributed by atoms with Crippen molar-refractivity contribution in [2.45, 2.75) is 32.7 Å². The predicted molar refractivity (Wildman–Crippen MR) is 73.5 cm³/mol. The van der Waals surface area contributed by atoms with E-state index in [4.69, 9.17) is 5.73 Å². The van der Waals surface area contributed by atoms with Crippen LogP contribution in [0.4, 0.5) is 5.69 Å². The smallest absolute Gasteiger partial charge is 0.271 e. The van der Waals surface area contributed by atoms with Gasteiger partial charge >= 0.3 is 0 Å². The lowest BCUT2D eigenvalue weighted by molar-refractivity contribution is -0.385. The summed E-state index contributed by atoms with van der Waals surface area (Å²) < 4.78 is 0.298. The van der Waals surface area contributed by atoms with Gasteiger partial charge in [-0.1, -0.05) is 13.8 Å². The van der Waals surface area contributed by atoms with E-state index in [2.05, 4.69) is 29.8 Å². The Kier molecular flexibility index (Phi) is 5.10. The molecule has 0 bridgehead atoms. The first-order valence-electron chi connectivity index (χ1n) is 5.75. The average molecular weight is 317 g/mol. The summed E-state index contributed by atoms with van der Waals surface area (Å²) in [5.74, 6) is 0.484. The van der Waals surface area contributed by atoms with Gasteiger partial charge in [0.2, 0.25) is 0 Å². The lowest BCUT2D eigenvalue weighted by atomic mass is 9.97. The third kappa shape index (κ3) is 3.68. The minimum atomic E-state index is -0.497. The van der Waals surface area contributed by atoms with Gasteiger partial charge in [-0.05, 0) is 34.7 Å². The molecule has 18 heavy (non-hydrogen) atoms. The maximum atomic E-state index is 10.8. The quantitative estimate of drug-likeness (QED) is 0.642. The highest BCUT2D eigenvalue weighted by molar-refractivity contribution is 9.10. The molecule has 5 nitrogen and oxygen atoms in total. The van der Waals surface area contributed by atoms with Crippen molar-refractivity contribution in [2.75, 3.05) is 0 Å². The van der Waals surface area contributed by atoms with E-state index in [1.165, 1.54) is 12.1 Å². The summed E-state index contributed by atoms with van der Waals surface area (Å²) in [4.78, 5) is 10.3. The summed E-state index contributed by atoms with van der Waals surface area (Å²) in [5, 5.41) is 20.7. The SMILES string of the molecule is CC(C)CC[C@@H](N)c1cc([N+](=O)[O-])cc(Br)c1O. The van der Waals surface area contributed by atoms with Gasteiger partial charge in [-0.3, -0.25) is 10.1 Å². The highest BCUT2D eigenvalue weighted by atomic mass is 79.9. The van der Waals surface area contributed by atoms with Crippen LogP contribution < -0.4 is 5.73 Å². The second-order valence-electron chi connectivity index (χ2n) is 4.70. The average Bonchev–Trinajstić information content (AvgIpc) is 2.29. The van der Waals surface area contributed by atoms with Crippen molar-refractivity contribution in [3.8, 4) is 5.75 Å². The molecule has 0 aliphatic carbocycles. The maximum Gasteiger partial charge on any atom is 0.271 e. The van der Waals surface area contributed by atoms with Crippen LogP contribution in [0.15, 0.2) is 16.6 Å². The van der Waals surface area contributed by atoms with Crippen LogP contribution in [-0.4, -0.2) is 10.0 Å². The third-order valence-electron chi connectivity index (χ3n) is 2.74. The van der Waals surface area contributed by atoms with Gasteiger partial charge in [-0.2, -0.15) is 0 Å². The molecule has 1 rings (SSSR count). The molecular weight excluding hydrogens is 300 g/mol. The number of nitro benzene ring substituents is 1. The summed E-state index contributed by atoms with van der Waals surface area (Å²) in [7, 11) is 0. The van der Waals surface area contributed by atoms with Gasteiger partial charge in [0.15, 0.2) is 0 Å². The largest absolute Gasteiger partial charge is 0.506 e. The zero-order chi connectivity index (χ0) is 13.9. The van der Waals surface area contributed by atoms with E-state index < -0.39 is 11.0 Å². The van der Waals surface area contributed by atoms with Gasteiger partial charge in [-0.25, -0.2) is 0 Å². The molecular formula is C12H17BrN2O3. The maximum absolute atomic E-state index is 10.8. The zero-order valence-corrected chi connectivity index (χ0v) is 12.0. The van der Waals surface area contributed by atoms with E-state index in [0.717, 1.165) is 6.42 Å². The molecule has 0 fully saturated rings. The van der Waals surface area contributed by atoms with E-state index in [-0.39, 0.29) is 11.4 Å². The molecule has 6 heteroatoms. The number of nitro groups is 1. The van der Waals surface area contributed by atoms with Gasteiger partial charge < -0.3 is 10.8 Å². The molecule has 0 amide bonds. The number of hydrogen-bond donors (Lipinski definition) is 2. The molecule has 1 aromatic carbocycles. The van der Waals surface area contributed by atoms with Crippen molar-refractivity contribution >= 4 is 21.6 Å². The topological polar surface area (TPSA) is 89.4 Å². The minimum Gasteiger partial charge on any atom is -0.506 e. The molecule has 0 heterocycles. The van der Waals surface area contributed by atoms with Gasteiger partial charge in [0.25, 0.3) is 5.69 Å². The Morgan fingerprint density at radius 3 is 2.56 bits per heavy atom. The van der Waals surface area contributed by atoms with Crippen LogP contribution in [0.1, 0.15) is 38.3 Å². The summed E-state index contributed by atoms with van der Waals surface area (Å²) in [5.41, 5.74) is 6.32. The summed E-state index contributed by atoms with van der Waals surface area (Å²) >= 11 is 3.10. The first-order chi connectivity index (χ1) is 8.32. The second-order valence-corrected chi connectivity index (χ2v) is 5.55. The Hall–Kier alpha value is -1.14. The Morgan fingerprint density at radius 2 is 2.06 bits per heavy atom. The minimum absolute atomic E-state index is 0.0168.